The minimum Gasteiger partial charge on any atom is -0.304 e. The van der Waals surface area contributed by atoms with Crippen molar-refractivity contribution in [2.45, 2.75) is 13.8 Å². The van der Waals surface area contributed by atoms with Crippen molar-refractivity contribution in [3.05, 3.63) is 77.4 Å². The van der Waals surface area contributed by atoms with Gasteiger partial charge in [0.2, 0.25) is 0 Å². The van der Waals surface area contributed by atoms with Crippen molar-refractivity contribution in [1.82, 2.24) is 4.57 Å². The Morgan fingerprint density at radius 3 is 1.65 bits per heavy atom. The Bertz CT molecular complexity index is 981. The summed E-state index contributed by atoms with van der Waals surface area (Å²) in [4.78, 5) is 0. The van der Waals surface area contributed by atoms with Gasteiger partial charge in [0, 0.05) is 10.8 Å². The number of para-hydroxylation sites is 1. The summed E-state index contributed by atoms with van der Waals surface area (Å²) in [6.45, 7) is 4.03. The molecule has 0 aliphatic rings. The normalized spacial score (nSPS) is 11.5. The van der Waals surface area contributed by atoms with Crippen molar-refractivity contribution in [2.24, 2.45) is 0 Å². The summed E-state index contributed by atoms with van der Waals surface area (Å²) in [6.07, 6.45) is 0. The molecule has 1 nitrogen and oxygen atoms in total. The Balaban J connectivity index is 2.25. The first-order valence-corrected chi connectivity index (χ1v) is 7.52. The maximum absolute atomic E-state index is 14.4. The Morgan fingerprint density at radius 2 is 1.17 bits per heavy atom. The van der Waals surface area contributed by atoms with Crippen LogP contribution in [0.1, 0.15) is 11.1 Å². The van der Waals surface area contributed by atoms with Crippen LogP contribution < -0.4 is 0 Å². The number of halogens is 2. The Kier molecular flexibility index (Phi) is 2.98. The SMILES string of the molecule is Cc1ccc2c(c1)c1cc(C)ccc1n2-c1c(F)cccc1F. The number of benzene rings is 3. The summed E-state index contributed by atoms with van der Waals surface area (Å²) in [5.41, 5.74) is 3.82. The van der Waals surface area contributed by atoms with Crippen molar-refractivity contribution in [3.63, 3.8) is 0 Å². The molecule has 0 saturated carbocycles. The van der Waals surface area contributed by atoms with Crippen molar-refractivity contribution in [2.75, 3.05) is 0 Å². The highest BCUT2D eigenvalue weighted by atomic mass is 19.1. The molecule has 114 valence electrons. The minimum atomic E-state index is -0.565. The van der Waals surface area contributed by atoms with Gasteiger partial charge in [-0.15, -0.1) is 0 Å². The average Bonchev–Trinajstić information content (AvgIpc) is 2.81. The van der Waals surface area contributed by atoms with Gasteiger partial charge in [-0.2, -0.15) is 0 Å². The van der Waals surface area contributed by atoms with E-state index in [2.05, 4.69) is 12.1 Å². The summed E-state index contributed by atoms with van der Waals surface area (Å²) in [5, 5.41) is 2.01. The Labute approximate surface area is 132 Å². The lowest BCUT2D eigenvalue weighted by Crippen LogP contribution is -2.01. The molecule has 0 aliphatic heterocycles. The predicted octanol–water partition coefficient (Wildman–Crippen LogP) is 5.68. The number of aryl methyl sites for hydroxylation is 2. The summed E-state index contributed by atoms with van der Waals surface area (Å²) in [5.74, 6) is -1.13. The van der Waals surface area contributed by atoms with Crippen LogP contribution in [0.4, 0.5) is 8.78 Å². The second-order valence-corrected chi connectivity index (χ2v) is 5.95. The minimum absolute atomic E-state index is 0.0276. The van der Waals surface area contributed by atoms with Crippen LogP contribution in [0.15, 0.2) is 54.6 Å². The number of hydrogen-bond acceptors (Lipinski definition) is 0. The first kappa shape index (κ1) is 13.9. The molecule has 1 heterocycles. The van der Waals surface area contributed by atoms with Gasteiger partial charge in [0.05, 0.1) is 11.0 Å². The number of nitrogens with zero attached hydrogens (tertiary/aromatic N) is 1. The molecule has 0 fully saturated rings. The van der Waals surface area contributed by atoms with Crippen molar-refractivity contribution in [3.8, 4) is 5.69 Å². The molecule has 3 heteroatoms. The van der Waals surface area contributed by atoms with E-state index in [0.29, 0.717) is 0 Å². The molecule has 0 spiro atoms. The lowest BCUT2D eigenvalue weighted by atomic mass is 10.1. The molecule has 0 radical (unpaired) electrons. The quantitative estimate of drug-likeness (QED) is 0.426. The summed E-state index contributed by atoms with van der Waals surface area (Å²) < 4.78 is 30.4. The predicted molar refractivity (Wildman–Crippen MR) is 90.2 cm³/mol. The summed E-state index contributed by atoms with van der Waals surface area (Å²) >= 11 is 0. The van der Waals surface area contributed by atoms with Gasteiger partial charge in [-0.3, -0.25) is 0 Å². The summed E-state index contributed by atoms with van der Waals surface area (Å²) in [7, 11) is 0. The third-order valence-corrected chi connectivity index (χ3v) is 4.24. The Hall–Kier alpha value is -2.68. The van der Waals surface area contributed by atoms with Gasteiger partial charge >= 0.3 is 0 Å². The van der Waals surface area contributed by atoms with Crippen molar-refractivity contribution >= 4 is 21.8 Å². The van der Waals surface area contributed by atoms with E-state index in [0.717, 1.165) is 32.9 Å². The van der Waals surface area contributed by atoms with Gasteiger partial charge in [-0.25, -0.2) is 8.78 Å². The molecule has 4 aromatic rings. The zero-order valence-corrected chi connectivity index (χ0v) is 12.9. The fourth-order valence-corrected chi connectivity index (χ4v) is 3.19. The van der Waals surface area contributed by atoms with Crippen LogP contribution >= 0.6 is 0 Å². The molecule has 0 N–H and O–H groups in total. The van der Waals surface area contributed by atoms with Crippen LogP contribution in [0.5, 0.6) is 0 Å². The van der Waals surface area contributed by atoms with E-state index in [1.807, 2.05) is 38.1 Å². The molecular weight excluding hydrogens is 292 g/mol. The number of hydrogen-bond donors (Lipinski definition) is 0. The van der Waals surface area contributed by atoms with Gasteiger partial charge in [0.1, 0.15) is 17.3 Å². The highest BCUT2D eigenvalue weighted by molar-refractivity contribution is 6.09. The lowest BCUT2D eigenvalue weighted by Gasteiger charge is -2.10. The monoisotopic (exact) mass is 307 g/mol. The number of aromatic nitrogens is 1. The molecule has 0 saturated heterocycles. The first-order valence-electron chi connectivity index (χ1n) is 7.52. The van der Waals surface area contributed by atoms with E-state index >= 15 is 0 Å². The fourth-order valence-electron chi connectivity index (χ4n) is 3.19. The van der Waals surface area contributed by atoms with E-state index in [9.17, 15) is 8.78 Å². The number of fused-ring (bicyclic) bond motifs is 3. The van der Waals surface area contributed by atoms with Gasteiger partial charge in [-0.05, 0) is 50.2 Å². The molecule has 0 amide bonds. The maximum Gasteiger partial charge on any atom is 0.150 e. The van der Waals surface area contributed by atoms with Crippen LogP contribution in [0.3, 0.4) is 0 Å². The first-order chi connectivity index (χ1) is 11.1. The third kappa shape index (κ3) is 2.04. The van der Waals surface area contributed by atoms with Crippen LogP contribution in [0.2, 0.25) is 0 Å². The van der Waals surface area contributed by atoms with Gasteiger partial charge in [-0.1, -0.05) is 29.3 Å². The van der Waals surface area contributed by atoms with Crippen molar-refractivity contribution < 1.29 is 8.78 Å². The second-order valence-electron chi connectivity index (χ2n) is 5.95. The van der Waals surface area contributed by atoms with Gasteiger partial charge in [0.25, 0.3) is 0 Å². The molecule has 0 atom stereocenters. The molecule has 0 bridgehead atoms. The lowest BCUT2D eigenvalue weighted by molar-refractivity contribution is 0.573. The largest absolute Gasteiger partial charge is 0.304 e. The highest BCUT2D eigenvalue weighted by Gasteiger charge is 2.18. The van der Waals surface area contributed by atoms with Crippen LogP contribution in [0, 0.1) is 25.5 Å². The van der Waals surface area contributed by atoms with E-state index in [-0.39, 0.29) is 5.69 Å². The average molecular weight is 307 g/mol. The Morgan fingerprint density at radius 1 is 0.696 bits per heavy atom. The van der Waals surface area contributed by atoms with Gasteiger partial charge < -0.3 is 4.57 Å². The van der Waals surface area contributed by atoms with Crippen LogP contribution in [-0.2, 0) is 0 Å². The topological polar surface area (TPSA) is 4.93 Å². The third-order valence-electron chi connectivity index (χ3n) is 4.24. The molecule has 0 unspecified atom stereocenters. The van der Waals surface area contributed by atoms with Gasteiger partial charge in [0.15, 0.2) is 0 Å². The standard InChI is InChI=1S/C20H15F2N/c1-12-6-8-18-14(10-12)15-11-13(2)7-9-19(15)23(18)20-16(21)4-3-5-17(20)22/h3-11H,1-2H3. The van der Waals surface area contributed by atoms with E-state index < -0.39 is 11.6 Å². The number of rotatable bonds is 1. The van der Waals surface area contributed by atoms with E-state index in [1.165, 1.54) is 18.2 Å². The van der Waals surface area contributed by atoms with Crippen LogP contribution in [-0.4, -0.2) is 4.57 Å². The van der Waals surface area contributed by atoms with E-state index in [4.69, 9.17) is 0 Å². The summed E-state index contributed by atoms with van der Waals surface area (Å²) in [6, 6.07) is 15.9. The smallest absolute Gasteiger partial charge is 0.150 e. The maximum atomic E-state index is 14.4. The molecular formula is C20H15F2N. The van der Waals surface area contributed by atoms with Crippen molar-refractivity contribution in [1.29, 1.82) is 0 Å². The van der Waals surface area contributed by atoms with E-state index in [1.54, 1.807) is 4.57 Å². The second kappa shape index (κ2) is 4.92. The molecule has 3 aromatic carbocycles. The molecule has 23 heavy (non-hydrogen) atoms. The molecule has 0 aliphatic carbocycles. The fraction of sp³-hybridized carbons (Fsp3) is 0.100. The zero-order valence-electron chi connectivity index (χ0n) is 12.9. The van der Waals surface area contributed by atoms with Crippen LogP contribution in [0.25, 0.3) is 27.5 Å². The molecule has 4 rings (SSSR count). The zero-order chi connectivity index (χ0) is 16.1. The molecule has 1 aromatic heterocycles. The highest BCUT2D eigenvalue weighted by Crippen LogP contribution is 2.34.